The molecule has 1 N–H and O–H groups in total. The third-order valence-corrected chi connectivity index (χ3v) is 2.78. The molecule has 1 aromatic heterocycles. The summed E-state index contributed by atoms with van der Waals surface area (Å²) in [6, 6.07) is 4.87. The average molecular weight is 279 g/mol. The normalized spacial score (nSPS) is 10.5. The first kappa shape index (κ1) is 14.0. The van der Waals surface area contributed by atoms with Crippen LogP contribution in [0.15, 0.2) is 24.4 Å². The van der Waals surface area contributed by atoms with Crippen LogP contribution in [-0.2, 0) is 17.8 Å². The van der Waals surface area contributed by atoms with Gasteiger partial charge in [-0.15, -0.1) is 5.10 Å². The van der Waals surface area contributed by atoms with E-state index < -0.39 is 11.8 Å². The van der Waals surface area contributed by atoms with Crippen LogP contribution in [0.5, 0.6) is 5.75 Å². The molecule has 106 valence electrons. The zero-order valence-corrected chi connectivity index (χ0v) is 10.9. The van der Waals surface area contributed by atoms with Gasteiger partial charge in [0.25, 0.3) is 0 Å². The zero-order chi connectivity index (χ0) is 14.5. The highest BCUT2D eigenvalue weighted by molar-refractivity contribution is 5.66. The first-order chi connectivity index (χ1) is 9.60. The number of benzene rings is 1. The van der Waals surface area contributed by atoms with E-state index in [1.807, 2.05) is 0 Å². The average Bonchev–Trinajstić information content (AvgIpc) is 2.86. The smallest absolute Gasteiger partial charge is 0.303 e. The molecule has 0 unspecified atom stereocenters. The van der Waals surface area contributed by atoms with Crippen LogP contribution < -0.4 is 4.74 Å². The molecule has 2 rings (SSSR count). The summed E-state index contributed by atoms with van der Waals surface area (Å²) in [5.74, 6) is -1.15. The molecule has 6 nitrogen and oxygen atoms in total. The van der Waals surface area contributed by atoms with E-state index >= 15 is 0 Å². The van der Waals surface area contributed by atoms with E-state index in [9.17, 15) is 9.18 Å². The van der Waals surface area contributed by atoms with Crippen LogP contribution in [0, 0.1) is 5.82 Å². The quantitative estimate of drug-likeness (QED) is 0.867. The van der Waals surface area contributed by atoms with Gasteiger partial charge in [-0.1, -0.05) is 17.3 Å². The maximum atomic E-state index is 14.0. The van der Waals surface area contributed by atoms with Crippen LogP contribution in [0.2, 0.25) is 0 Å². The van der Waals surface area contributed by atoms with Gasteiger partial charge in [-0.3, -0.25) is 4.79 Å². The van der Waals surface area contributed by atoms with Crippen molar-refractivity contribution in [3.63, 3.8) is 0 Å². The van der Waals surface area contributed by atoms with Gasteiger partial charge in [-0.2, -0.15) is 0 Å². The molecule has 0 fully saturated rings. The summed E-state index contributed by atoms with van der Waals surface area (Å²) < 4.78 is 20.3. The Morgan fingerprint density at radius 2 is 2.30 bits per heavy atom. The van der Waals surface area contributed by atoms with Crippen LogP contribution in [0.25, 0.3) is 0 Å². The van der Waals surface area contributed by atoms with Crippen LogP contribution in [0.3, 0.4) is 0 Å². The Hall–Kier alpha value is -2.44. The third kappa shape index (κ3) is 3.31. The molecule has 1 aromatic carbocycles. The zero-order valence-electron chi connectivity index (χ0n) is 10.9. The maximum Gasteiger partial charge on any atom is 0.303 e. The molecule has 1 heterocycles. The molecule has 0 radical (unpaired) electrons. The molecule has 2 aromatic rings. The van der Waals surface area contributed by atoms with Crippen LogP contribution in [0.4, 0.5) is 4.39 Å². The van der Waals surface area contributed by atoms with Crippen molar-refractivity contribution < 1.29 is 19.0 Å². The Morgan fingerprint density at radius 1 is 1.50 bits per heavy atom. The van der Waals surface area contributed by atoms with Crippen LogP contribution in [0.1, 0.15) is 17.7 Å². The number of ether oxygens (including phenoxy) is 1. The Bertz CT molecular complexity index is 613. The molecule has 20 heavy (non-hydrogen) atoms. The minimum absolute atomic E-state index is 0.00772. The van der Waals surface area contributed by atoms with Crippen molar-refractivity contribution in [2.75, 3.05) is 7.11 Å². The van der Waals surface area contributed by atoms with E-state index in [0.717, 1.165) is 0 Å². The first-order valence-electron chi connectivity index (χ1n) is 6.02. The molecule has 0 atom stereocenters. The summed E-state index contributed by atoms with van der Waals surface area (Å²) >= 11 is 0. The first-order valence-corrected chi connectivity index (χ1v) is 6.02. The van der Waals surface area contributed by atoms with Gasteiger partial charge in [0, 0.05) is 18.2 Å². The van der Waals surface area contributed by atoms with Crippen molar-refractivity contribution in [3.05, 3.63) is 41.5 Å². The van der Waals surface area contributed by atoms with Gasteiger partial charge in [0.05, 0.1) is 25.8 Å². The lowest BCUT2D eigenvalue weighted by Crippen LogP contribution is -2.04. The van der Waals surface area contributed by atoms with E-state index in [1.54, 1.807) is 24.4 Å². The predicted molar refractivity (Wildman–Crippen MR) is 68.0 cm³/mol. The number of aliphatic carboxylic acids is 1. The highest BCUT2D eigenvalue weighted by atomic mass is 19.1. The number of carbonyl (C=O) groups is 1. The van der Waals surface area contributed by atoms with Crippen molar-refractivity contribution >= 4 is 5.97 Å². The summed E-state index contributed by atoms with van der Waals surface area (Å²) in [7, 11) is 1.40. The van der Waals surface area contributed by atoms with E-state index in [4.69, 9.17) is 9.84 Å². The number of nitrogens with zero attached hydrogens (tertiary/aromatic N) is 3. The summed E-state index contributed by atoms with van der Waals surface area (Å²) in [5, 5.41) is 16.3. The predicted octanol–water partition coefficient (Wildman–Crippen LogP) is 1.49. The molecule has 0 aliphatic carbocycles. The van der Waals surface area contributed by atoms with Crippen molar-refractivity contribution in [1.29, 1.82) is 0 Å². The fraction of sp³-hybridized carbons (Fsp3) is 0.308. The molecule has 0 aliphatic heterocycles. The highest BCUT2D eigenvalue weighted by Gasteiger charge is 2.10. The standard InChI is InChI=1S/C13H14FN3O3/c1-20-11-4-2-3-9(13(11)14)7-17-8-10(15-16-17)5-6-12(18)19/h2-4,8H,5-7H2,1H3,(H,18,19). The Kier molecular flexibility index (Phi) is 4.29. The SMILES string of the molecule is COc1cccc(Cn2cc(CCC(=O)O)nn2)c1F. The van der Waals surface area contributed by atoms with E-state index in [1.165, 1.54) is 11.8 Å². The van der Waals surface area contributed by atoms with Gasteiger partial charge < -0.3 is 9.84 Å². The summed E-state index contributed by atoms with van der Waals surface area (Å²) in [5.41, 5.74) is 0.995. The molecule has 0 saturated carbocycles. The Morgan fingerprint density at radius 3 is 3.00 bits per heavy atom. The van der Waals surface area contributed by atoms with Crippen molar-refractivity contribution in [2.24, 2.45) is 0 Å². The number of carboxylic acid groups (broad SMARTS) is 1. The summed E-state index contributed by atoms with van der Waals surface area (Å²) in [6.07, 6.45) is 1.91. The minimum atomic E-state index is -0.890. The molecular formula is C13H14FN3O3. The number of rotatable bonds is 6. The molecule has 0 aliphatic rings. The molecule has 0 amide bonds. The van der Waals surface area contributed by atoms with Crippen molar-refractivity contribution in [2.45, 2.75) is 19.4 Å². The number of aryl methyl sites for hydroxylation is 1. The lowest BCUT2D eigenvalue weighted by atomic mass is 10.2. The van der Waals surface area contributed by atoms with Crippen molar-refractivity contribution in [3.8, 4) is 5.75 Å². The Labute approximate surface area is 114 Å². The number of hydrogen-bond donors (Lipinski definition) is 1. The second-order valence-corrected chi connectivity index (χ2v) is 4.23. The van der Waals surface area contributed by atoms with E-state index in [-0.39, 0.29) is 18.7 Å². The number of carboxylic acids is 1. The maximum absolute atomic E-state index is 14.0. The second kappa shape index (κ2) is 6.14. The molecule has 0 saturated heterocycles. The van der Waals surface area contributed by atoms with Gasteiger partial charge in [0.2, 0.25) is 0 Å². The topological polar surface area (TPSA) is 77.2 Å². The van der Waals surface area contributed by atoms with E-state index in [0.29, 0.717) is 17.7 Å². The van der Waals surface area contributed by atoms with E-state index in [2.05, 4.69) is 10.3 Å². The number of hydrogen-bond acceptors (Lipinski definition) is 4. The fourth-order valence-electron chi connectivity index (χ4n) is 1.78. The van der Waals surface area contributed by atoms with Crippen molar-refractivity contribution in [1.82, 2.24) is 15.0 Å². The summed E-state index contributed by atoms with van der Waals surface area (Å²) in [6.45, 7) is 0.211. The lowest BCUT2D eigenvalue weighted by Gasteiger charge is -2.06. The summed E-state index contributed by atoms with van der Waals surface area (Å²) in [4.78, 5) is 10.5. The largest absolute Gasteiger partial charge is 0.494 e. The van der Waals surface area contributed by atoms with Gasteiger partial charge >= 0.3 is 5.97 Å². The second-order valence-electron chi connectivity index (χ2n) is 4.23. The van der Waals surface area contributed by atoms with Gasteiger partial charge in [0.15, 0.2) is 11.6 Å². The number of aromatic nitrogens is 3. The fourth-order valence-corrected chi connectivity index (χ4v) is 1.78. The molecule has 7 heteroatoms. The Balaban J connectivity index is 2.09. The third-order valence-electron chi connectivity index (χ3n) is 2.78. The number of halogens is 1. The van der Waals surface area contributed by atoms with Gasteiger partial charge in [-0.25, -0.2) is 9.07 Å². The van der Waals surface area contributed by atoms with Crippen LogP contribution in [-0.4, -0.2) is 33.2 Å². The molecule has 0 spiro atoms. The highest BCUT2D eigenvalue weighted by Crippen LogP contribution is 2.20. The molecule has 0 bridgehead atoms. The van der Waals surface area contributed by atoms with Gasteiger partial charge in [0.1, 0.15) is 0 Å². The molecular weight excluding hydrogens is 265 g/mol. The minimum Gasteiger partial charge on any atom is -0.494 e. The van der Waals surface area contributed by atoms with Crippen LogP contribution >= 0.6 is 0 Å². The number of methoxy groups -OCH3 is 1. The lowest BCUT2D eigenvalue weighted by molar-refractivity contribution is -0.136. The van der Waals surface area contributed by atoms with Gasteiger partial charge in [-0.05, 0) is 6.07 Å². The monoisotopic (exact) mass is 279 g/mol.